The minimum atomic E-state index is -0.276. The van der Waals surface area contributed by atoms with Crippen LogP contribution in [0.3, 0.4) is 0 Å². The molecule has 1 N–H and O–H groups in total. The molecule has 3 rings (SSSR count). The largest absolute Gasteiger partial charge is 0.322 e. The van der Waals surface area contributed by atoms with E-state index in [1.165, 1.54) is 12.1 Å². The van der Waals surface area contributed by atoms with Gasteiger partial charge >= 0.3 is 6.03 Å². The molecule has 2 aromatic rings. The molecule has 1 heterocycles. The molecule has 0 aromatic heterocycles. The predicted molar refractivity (Wildman–Crippen MR) is 85.6 cm³/mol. The van der Waals surface area contributed by atoms with Crippen LogP contribution in [0.25, 0.3) is 0 Å². The molecule has 0 unspecified atom stereocenters. The Morgan fingerprint density at radius 1 is 1.23 bits per heavy atom. The van der Waals surface area contributed by atoms with E-state index in [-0.39, 0.29) is 17.9 Å². The van der Waals surface area contributed by atoms with Gasteiger partial charge in [0.15, 0.2) is 0 Å². The maximum absolute atomic E-state index is 13.4. The second kappa shape index (κ2) is 6.36. The molecule has 2 amide bonds. The second-order valence-electron chi connectivity index (χ2n) is 5.34. The molecule has 1 atom stereocenters. The van der Waals surface area contributed by atoms with Crippen molar-refractivity contribution in [1.82, 2.24) is 4.90 Å². The Bertz CT molecular complexity index is 675. The smallest absolute Gasteiger partial charge is 0.317 e. The molecule has 0 spiro atoms. The lowest BCUT2D eigenvalue weighted by molar-refractivity contribution is 0.207. The Balaban J connectivity index is 1.75. The van der Waals surface area contributed by atoms with Crippen LogP contribution in [0, 0.1) is 5.82 Å². The van der Waals surface area contributed by atoms with Gasteiger partial charge in [-0.3, -0.25) is 0 Å². The molecule has 0 bridgehead atoms. The molecular weight excluding hydrogens is 303 g/mol. The van der Waals surface area contributed by atoms with Crippen LogP contribution in [0.2, 0.25) is 5.02 Å². The maximum atomic E-state index is 13.4. The topological polar surface area (TPSA) is 32.3 Å². The SMILES string of the molecule is O=C(Nc1ccc(Cl)cc1)N1CCC[C@@H]1c1cccc(F)c1. The molecule has 1 aliphatic rings. The highest BCUT2D eigenvalue weighted by molar-refractivity contribution is 6.30. The molecular formula is C17H16ClFN2O. The Labute approximate surface area is 133 Å². The third kappa shape index (κ3) is 3.22. The highest BCUT2D eigenvalue weighted by Gasteiger charge is 2.30. The van der Waals surface area contributed by atoms with Gasteiger partial charge in [0, 0.05) is 17.3 Å². The van der Waals surface area contributed by atoms with Crippen molar-refractivity contribution in [3.63, 3.8) is 0 Å². The van der Waals surface area contributed by atoms with Crippen LogP contribution < -0.4 is 5.32 Å². The third-order valence-corrected chi connectivity index (χ3v) is 4.09. The number of likely N-dealkylation sites (tertiary alicyclic amines) is 1. The summed E-state index contributed by atoms with van der Waals surface area (Å²) in [5, 5.41) is 3.48. The summed E-state index contributed by atoms with van der Waals surface area (Å²) >= 11 is 5.83. The number of nitrogens with zero attached hydrogens (tertiary/aromatic N) is 1. The number of hydrogen-bond acceptors (Lipinski definition) is 1. The number of amides is 2. The molecule has 3 nitrogen and oxygen atoms in total. The van der Waals surface area contributed by atoms with E-state index in [4.69, 9.17) is 11.6 Å². The number of urea groups is 1. The van der Waals surface area contributed by atoms with Crippen LogP contribution in [0.4, 0.5) is 14.9 Å². The predicted octanol–water partition coefficient (Wildman–Crippen LogP) is 4.85. The molecule has 1 saturated heterocycles. The molecule has 1 aliphatic heterocycles. The van der Waals surface area contributed by atoms with Crippen molar-refractivity contribution in [2.75, 3.05) is 11.9 Å². The van der Waals surface area contributed by atoms with E-state index >= 15 is 0 Å². The van der Waals surface area contributed by atoms with Gasteiger partial charge in [-0.05, 0) is 54.8 Å². The third-order valence-electron chi connectivity index (χ3n) is 3.84. The van der Waals surface area contributed by atoms with E-state index in [0.29, 0.717) is 17.3 Å². The summed E-state index contributed by atoms with van der Waals surface area (Å²) in [6.45, 7) is 0.667. The molecule has 22 heavy (non-hydrogen) atoms. The number of hydrogen-bond donors (Lipinski definition) is 1. The Kier molecular flexibility index (Phi) is 4.29. The minimum Gasteiger partial charge on any atom is -0.317 e. The lowest BCUT2D eigenvalue weighted by Crippen LogP contribution is -2.34. The van der Waals surface area contributed by atoms with Crippen LogP contribution in [0.15, 0.2) is 48.5 Å². The molecule has 0 aliphatic carbocycles. The number of anilines is 1. The zero-order chi connectivity index (χ0) is 15.5. The number of carbonyl (C=O) groups excluding carboxylic acids is 1. The lowest BCUT2D eigenvalue weighted by Gasteiger charge is -2.25. The van der Waals surface area contributed by atoms with Crippen molar-refractivity contribution in [3.05, 3.63) is 64.9 Å². The van der Waals surface area contributed by atoms with E-state index in [1.807, 2.05) is 6.07 Å². The van der Waals surface area contributed by atoms with Gasteiger partial charge in [-0.1, -0.05) is 23.7 Å². The van der Waals surface area contributed by atoms with Crippen LogP contribution >= 0.6 is 11.6 Å². The summed E-state index contributed by atoms with van der Waals surface area (Å²) in [7, 11) is 0. The van der Waals surface area contributed by atoms with Gasteiger partial charge in [-0.2, -0.15) is 0 Å². The van der Waals surface area contributed by atoms with Crippen molar-refractivity contribution in [2.45, 2.75) is 18.9 Å². The minimum absolute atomic E-state index is 0.0806. The van der Waals surface area contributed by atoms with E-state index < -0.39 is 0 Å². The fraction of sp³-hybridized carbons (Fsp3) is 0.235. The second-order valence-corrected chi connectivity index (χ2v) is 5.78. The Morgan fingerprint density at radius 3 is 2.73 bits per heavy atom. The first-order chi connectivity index (χ1) is 10.6. The zero-order valence-electron chi connectivity index (χ0n) is 11.9. The molecule has 0 radical (unpaired) electrons. The van der Waals surface area contributed by atoms with Crippen molar-refractivity contribution in [3.8, 4) is 0 Å². The van der Waals surface area contributed by atoms with E-state index in [2.05, 4.69) is 5.32 Å². The first-order valence-corrected chi connectivity index (χ1v) is 7.60. The van der Waals surface area contributed by atoms with Crippen LogP contribution in [-0.2, 0) is 0 Å². The monoisotopic (exact) mass is 318 g/mol. The highest BCUT2D eigenvalue weighted by Crippen LogP contribution is 2.32. The molecule has 2 aromatic carbocycles. The van der Waals surface area contributed by atoms with Gasteiger partial charge in [-0.15, -0.1) is 0 Å². The first-order valence-electron chi connectivity index (χ1n) is 7.22. The van der Waals surface area contributed by atoms with Crippen molar-refractivity contribution in [1.29, 1.82) is 0 Å². The van der Waals surface area contributed by atoms with Gasteiger partial charge in [-0.25, -0.2) is 9.18 Å². The summed E-state index contributed by atoms with van der Waals surface area (Å²) in [5.41, 5.74) is 1.53. The normalized spacial score (nSPS) is 17.5. The average Bonchev–Trinajstić information content (AvgIpc) is 2.99. The van der Waals surface area contributed by atoms with Gasteiger partial charge in [0.1, 0.15) is 5.82 Å². The van der Waals surface area contributed by atoms with Crippen LogP contribution in [0.1, 0.15) is 24.4 Å². The number of benzene rings is 2. The van der Waals surface area contributed by atoms with E-state index in [9.17, 15) is 9.18 Å². The summed E-state index contributed by atoms with van der Waals surface area (Å²) < 4.78 is 13.4. The molecule has 114 valence electrons. The van der Waals surface area contributed by atoms with E-state index in [1.54, 1.807) is 35.2 Å². The lowest BCUT2D eigenvalue weighted by atomic mass is 10.0. The Hall–Kier alpha value is -2.07. The quantitative estimate of drug-likeness (QED) is 0.843. The number of carbonyl (C=O) groups is 1. The maximum Gasteiger partial charge on any atom is 0.322 e. The zero-order valence-corrected chi connectivity index (χ0v) is 12.7. The standard InChI is InChI=1S/C17H16ClFN2O/c18-13-6-8-15(9-7-13)20-17(22)21-10-2-5-16(21)12-3-1-4-14(19)11-12/h1,3-4,6-9,11,16H,2,5,10H2,(H,20,22)/t16-/m1/s1. The number of rotatable bonds is 2. The van der Waals surface area contributed by atoms with Crippen molar-refractivity contribution < 1.29 is 9.18 Å². The summed E-state index contributed by atoms with van der Waals surface area (Å²) in [6.07, 6.45) is 1.76. The van der Waals surface area contributed by atoms with Gasteiger partial charge in [0.2, 0.25) is 0 Å². The Morgan fingerprint density at radius 2 is 2.00 bits per heavy atom. The van der Waals surface area contributed by atoms with Crippen LogP contribution in [-0.4, -0.2) is 17.5 Å². The van der Waals surface area contributed by atoms with Gasteiger partial charge in [0.25, 0.3) is 0 Å². The van der Waals surface area contributed by atoms with E-state index in [0.717, 1.165) is 18.4 Å². The highest BCUT2D eigenvalue weighted by atomic mass is 35.5. The van der Waals surface area contributed by atoms with Crippen molar-refractivity contribution >= 4 is 23.3 Å². The summed E-state index contributed by atoms with van der Waals surface area (Å²) in [6, 6.07) is 13.2. The van der Waals surface area contributed by atoms with Crippen LogP contribution in [0.5, 0.6) is 0 Å². The molecule has 1 fully saturated rings. The number of nitrogens with one attached hydrogen (secondary N) is 1. The first kappa shape index (κ1) is 14.9. The average molecular weight is 319 g/mol. The van der Waals surface area contributed by atoms with Gasteiger partial charge in [0.05, 0.1) is 6.04 Å². The number of halogens is 2. The fourth-order valence-electron chi connectivity index (χ4n) is 2.80. The van der Waals surface area contributed by atoms with Gasteiger partial charge < -0.3 is 10.2 Å². The molecule has 0 saturated carbocycles. The fourth-order valence-corrected chi connectivity index (χ4v) is 2.92. The molecule has 5 heteroatoms. The van der Waals surface area contributed by atoms with Crippen molar-refractivity contribution in [2.24, 2.45) is 0 Å². The summed E-state index contributed by atoms with van der Waals surface area (Å²) in [4.78, 5) is 14.2. The summed E-state index contributed by atoms with van der Waals surface area (Å²) in [5.74, 6) is -0.276.